The molecule has 0 amide bonds. The molecule has 2 aromatic carbocycles. The molecule has 1 atom stereocenters. The summed E-state index contributed by atoms with van der Waals surface area (Å²) >= 11 is 0. The first-order valence-corrected chi connectivity index (χ1v) is 14.9. The molecule has 2 aromatic rings. The highest BCUT2D eigenvalue weighted by molar-refractivity contribution is 5.70. The van der Waals surface area contributed by atoms with Crippen LogP contribution in [-0.2, 0) is 6.42 Å². The number of benzene rings is 2. The Kier molecular flexibility index (Phi) is 8.61. The van der Waals surface area contributed by atoms with Crippen molar-refractivity contribution in [2.75, 3.05) is 26.2 Å². The Hall–Kier alpha value is -2.41. The summed E-state index contributed by atoms with van der Waals surface area (Å²) in [6.07, 6.45) is 3.35. The maximum Gasteiger partial charge on any atom is 0.395 e. The topological polar surface area (TPSA) is 6.48 Å². The van der Waals surface area contributed by atoms with Crippen LogP contribution < -0.4 is 0 Å². The van der Waals surface area contributed by atoms with Gasteiger partial charge in [0.25, 0.3) is 0 Å². The third-order valence-corrected chi connectivity index (χ3v) is 9.83. The molecule has 0 aromatic heterocycles. The number of piperidine rings is 1. The van der Waals surface area contributed by atoms with Crippen molar-refractivity contribution in [2.45, 2.75) is 83.4 Å². The summed E-state index contributed by atoms with van der Waals surface area (Å²) in [6.45, 7) is 8.77. The second kappa shape index (κ2) is 11.8. The predicted octanol–water partition coefficient (Wildman–Crippen LogP) is 8.85. The lowest BCUT2D eigenvalue weighted by Crippen LogP contribution is -2.53. The first-order chi connectivity index (χ1) is 19.1. The summed E-state index contributed by atoms with van der Waals surface area (Å²) < 4.78 is 70.8. The summed E-state index contributed by atoms with van der Waals surface area (Å²) in [6, 6.07) is 10.4. The van der Waals surface area contributed by atoms with Crippen molar-refractivity contribution in [1.82, 2.24) is 9.80 Å². The number of alkyl halides is 3. The molecule has 2 nitrogen and oxygen atoms in total. The molecule has 2 aliphatic heterocycles. The van der Waals surface area contributed by atoms with Crippen LogP contribution in [0.5, 0.6) is 0 Å². The van der Waals surface area contributed by atoms with Crippen molar-refractivity contribution in [2.24, 2.45) is 11.3 Å². The smallest absolute Gasteiger partial charge is 0.369 e. The van der Waals surface area contributed by atoms with Gasteiger partial charge in [-0.3, -0.25) is 0 Å². The van der Waals surface area contributed by atoms with Gasteiger partial charge in [0.05, 0.1) is 5.41 Å². The maximum absolute atomic E-state index is 15.2. The van der Waals surface area contributed by atoms with E-state index in [9.17, 15) is 13.2 Å². The van der Waals surface area contributed by atoms with Gasteiger partial charge >= 0.3 is 6.18 Å². The fourth-order valence-electron chi connectivity index (χ4n) is 6.98. The van der Waals surface area contributed by atoms with E-state index < -0.39 is 11.6 Å². The minimum absolute atomic E-state index is 0.114. The van der Waals surface area contributed by atoms with Gasteiger partial charge < -0.3 is 9.80 Å². The number of halogens is 5. The Morgan fingerprint density at radius 2 is 1.70 bits per heavy atom. The number of rotatable bonds is 9. The molecular formula is C33H41F5N2. The summed E-state index contributed by atoms with van der Waals surface area (Å²) in [4.78, 5) is 4.24. The van der Waals surface area contributed by atoms with Crippen LogP contribution in [0.1, 0.15) is 75.8 Å². The quantitative estimate of drug-likeness (QED) is 0.283. The Balaban J connectivity index is 1.15. The van der Waals surface area contributed by atoms with Gasteiger partial charge in [-0.2, -0.15) is 13.2 Å². The zero-order chi connectivity index (χ0) is 28.5. The molecule has 1 unspecified atom stereocenters. The standard InChI is InChI=1S/C33H41F5N2/c1-3-28-6-4-17-40(28)23(2)26-11-12-29(31(35)20-26)27-10-9-25(30(34)21-27)8-7-24-13-18-39(19-14-24)22-32(15-5-16-32)33(36,37)38/h9-12,20-21,24,28H,2-8,13-19,22H2,1H3. The van der Waals surface area contributed by atoms with Crippen LogP contribution in [0.25, 0.3) is 16.8 Å². The van der Waals surface area contributed by atoms with Crippen molar-refractivity contribution in [3.05, 3.63) is 65.7 Å². The molecule has 2 heterocycles. The van der Waals surface area contributed by atoms with Crippen LogP contribution in [0, 0.1) is 23.0 Å². The third kappa shape index (κ3) is 5.95. The van der Waals surface area contributed by atoms with E-state index in [1.165, 1.54) is 12.1 Å². The average molecular weight is 561 g/mol. The monoisotopic (exact) mass is 560 g/mol. The molecule has 0 radical (unpaired) electrons. The molecule has 7 heteroatoms. The molecule has 3 fully saturated rings. The highest BCUT2D eigenvalue weighted by Gasteiger charge is 2.58. The molecule has 5 rings (SSSR count). The van der Waals surface area contributed by atoms with Gasteiger partial charge in [-0.15, -0.1) is 0 Å². The summed E-state index contributed by atoms with van der Waals surface area (Å²) in [5.41, 5.74) is 1.56. The Labute approximate surface area is 235 Å². The van der Waals surface area contributed by atoms with Crippen LogP contribution in [-0.4, -0.2) is 48.2 Å². The van der Waals surface area contributed by atoms with Crippen molar-refractivity contribution in [3.8, 4) is 11.1 Å². The van der Waals surface area contributed by atoms with E-state index >= 15 is 8.78 Å². The fraction of sp³-hybridized carbons (Fsp3) is 0.576. The lowest BCUT2D eigenvalue weighted by atomic mass is 9.67. The second-order valence-electron chi connectivity index (χ2n) is 12.2. The van der Waals surface area contributed by atoms with E-state index in [2.05, 4.69) is 18.4 Å². The Morgan fingerprint density at radius 1 is 0.950 bits per heavy atom. The van der Waals surface area contributed by atoms with Crippen molar-refractivity contribution < 1.29 is 22.0 Å². The van der Waals surface area contributed by atoms with Gasteiger partial charge in [0, 0.05) is 36.0 Å². The molecule has 0 bridgehead atoms. The van der Waals surface area contributed by atoms with Crippen LogP contribution in [0.15, 0.2) is 43.0 Å². The Morgan fingerprint density at radius 3 is 2.30 bits per heavy atom. The van der Waals surface area contributed by atoms with Gasteiger partial charge in [-0.25, -0.2) is 8.78 Å². The molecule has 218 valence electrons. The van der Waals surface area contributed by atoms with Gasteiger partial charge in [-0.05, 0) is 100 Å². The number of aryl methyl sites for hydroxylation is 1. The molecule has 3 aliphatic rings. The molecule has 0 spiro atoms. The third-order valence-electron chi connectivity index (χ3n) is 9.83. The second-order valence-corrected chi connectivity index (χ2v) is 12.2. The molecule has 2 saturated heterocycles. The van der Waals surface area contributed by atoms with Gasteiger partial charge in [0.15, 0.2) is 0 Å². The minimum Gasteiger partial charge on any atom is -0.369 e. The molecule has 0 N–H and O–H groups in total. The normalized spacial score (nSPS) is 21.9. The van der Waals surface area contributed by atoms with Crippen molar-refractivity contribution in [1.29, 1.82) is 0 Å². The van der Waals surface area contributed by atoms with E-state index in [1.54, 1.807) is 18.2 Å². The minimum atomic E-state index is -4.13. The van der Waals surface area contributed by atoms with E-state index in [1.807, 2.05) is 11.0 Å². The Bertz CT molecular complexity index is 1190. The molecule has 1 saturated carbocycles. The van der Waals surface area contributed by atoms with Gasteiger partial charge in [0.2, 0.25) is 0 Å². The predicted molar refractivity (Wildman–Crippen MR) is 151 cm³/mol. The first-order valence-electron chi connectivity index (χ1n) is 14.9. The van der Waals surface area contributed by atoms with E-state index in [0.717, 1.165) is 56.3 Å². The molecule has 40 heavy (non-hydrogen) atoms. The first kappa shape index (κ1) is 29.1. The number of hydrogen-bond acceptors (Lipinski definition) is 2. The van der Waals surface area contributed by atoms with Crippen LogP contribution in [0.4, 0.5) is 22.0 Å². The summed E-state index contributed by atoms with van der Waals surface area (Å²) in [5.74, 6) is -0.360. The molecule has 1 aliphatic carbocycles. The van der Waals surface area contributed by atoms with E-state index in [4.69, 9.17) is 0 Å². The zero-order valence-electron chi connectivity index (χ0n) is 23.5. The SMILES string of the molecule is C=C(c1ccc(-c2ccc(CCC3CCN(CC4(C(F)(F)F)CCC4)CC3)c(F)c2)c(F)c1)N1CCCC1CC. The molecular weight excluding hydrogens is 519 g/mol. The van der Waals surface area contributed by atoms with Crippen LogP contribution >= 0.6 is 0 Å². The number of likely N-dealkylation sites (tertiary alicyclic amines) is 2. The van der Waals surface area contributed by atoms with Gasteiger partial charge in [-0.1, -0.05) is 44.2 Å². The highest BCUT2D eigenvalue weighted by Crippen LogP contribution is 2.53. The highest BCUT2D eigenvalue weighted by atomic mass is 19.4. The van der Waals surface area contributed by atoms with Gasteiger partial charge in [0.1, 0.15) is 11.6 Å². The van der Waals surface area contributed by atoms with E-state index in [0.29, 0.717) is 54.6 Å². The summed E-state index contributed by atoms with van der Waals surface area (Å²) in [5, 5.41) is 0. The summed E-state index contributed by atoms with van der Waals surface area (Å²) in [7, 11) is 0. The number of nitrogens with zero attached hydrogens (tertiary/aromatic N) is 2. The maximum atomic E-state index is 15.2. The lowest BCUT2D eigenvalue weighted by Gasteiger charge is -2.47. The number of hydrogen-bond donors (Lipinski definition) is 0. The lowest BCUT2D eigenvalue weighted by molar-refractivity contribution is -0.256. The van der Waals surface area contributed by atoms with E-state index in [-0.39, 0.29) is 31.0 Å². The van der Waals surface area contributed by atoms with Crippen molar-refractivity contribution in [3.63, 3.8) is 0 Å². The largest absolute Gasteiger partial charge is 0.395 e. The fourth-order valence-corrected chi connectivity index (χ4v) is 6.98. The zero-order valence-corrected chi connectivity index (χ0v) is 23.5. The van der Waals surface area contributed by atoms with Crippen LogP contribution in [0.3, 0.4) is 0 Å². The van der Waals surface area contributed by atoms with Crippen LogP contribution in [0.2, 0.25) is 0 Å². The van der Waals surface area contributed by atoms with Crippen molar-refractivity contribution >= 4 is 5.70 Å². The average Bonchev–Trinajstić information content (AvgIpc) is 3.38.